The van der Waals surface area contributed by atoms with E-state index in [0.29, 0.717) is 30.5 Å². The number of amides is 2. The number of nitrogens with one attached hydrogen (secondary N) is 1. The first kappa shape index (κ1) is 21.2. The number of hydrogen-bond acceptors (Lipinski definition) is 5. The van der Waals surface area contributed by atoms with Crippen LogP contribution in [0.3, 0.4) is 0 Å². The molecule has 1 aromatic rings. The maximum absolute atomic E-state index is 12.8. The largest absolute Gasteiger partial charge is 0.338 e. The summed E-state index contributed by atoms with van der Waals surface area (Å²) in [5, 5.41) is 3.94. The van der Waals surface area contributed by atoms with Gasteiger partial charge in [0.2, 0.25) is 11.8 Å². The van der Waals surface area contributed by atoms with Gasteiger partial charge in [-0.1, -0.05) is 23.4 Å². The Morgan fingerprint density at radius 3 is 2.97 bits per heavy atom. The number of nitrogens with zero attached hydrogens (tertiary/aromatic N) is 3. The van der Waals surface area contributed by atoms with Crippen molar-refractivity contribution < 1.29 is 9.59 Å². The lowest BCUT2D eigenvalue weighted by atomic mass is 9.99. The number of carbonyl (C=O) groups is 2. The van der Waals surface area contributed by atoms with Crippen LogP contribution in [-0.4, -0.2) is 46.4 Å². The van der Waals surface area contributed by atoms with E-state index in [9.17, 15) is 9.59 Å². The molecule has 1 N–H and O–H groups in total. The van der Waals surface area contributed by atoms with Gasteiger partial charge >= 0.3 is 0 Å². The highest BCUT2D eigenvalue weighted by Crippen LogP contribution is 2.44. The van der Waals surface area contributed by atoms with Crippen molar-refractivity contribution in [1.29, 1.82) is 0 Å². The van der Waals surface area contributed by atoms with Crippen LogP contribution in [0.2, 0.25) is 0 Å². The van der Waals surface area contributed by atoms with Gasteiger partial charge in [0.05, 0.1) is 5.04 Å². The van der Waals surface area contributed by atoms with E-state index in [1.807, 2.05) is 28.8 Å². The predicted octanol–water partition coefficient (Wildman–Crippen LogP) is 4.21. The van der Waals surface area contributed by atoms with E-state index in [2.05, 4.69) is 35.2 Å². The average molecular weight is 449 g/mol. The van der Waals surface area contributed by atoms with Gasteiger partial charge in [-0.2, -0.15) is 0 Å². The van der Waals surface area contributed by atoms with E-state index in [-0.39, 0.29) is 11.8 Å². The highest BCUT2D eigenvalue weighted by molar-refractivity contribution is 8.17. The van der Waals surface area contributed by atoms with Crippen molar-refractivity contribution in [1.82, 2.24) is 9.88 Å². The highest BCUT2D eigenvalue weighted by Gasteiger charge is 2.38. The molecule has 3 aliphatic heterocycles. The summed E-state index contributed by atoms with van der Waals surface area (Å²) in [6.07, 6.45) is 10.9. The number of hydrogen-bond donors (Lipinski definition) is 1. The first-order valence-corrected chi connectivity index (χ1v) is 12.1. The van der Waals surface area contributed by atoms with Crippen LogP contribution in [0.5, 0.6) is 0 Å². The Morgan fingerprint density at radius 2 is 2.12 bits per heavy atom. The summed E-state index contributed by atoms with van der Waals surface area (Å²) in [7, 11) is 0. The normalized spacial score (nSPS) is 25.3. The third-order valence-corrected chi connectivity index (χ3v) is 7.98. The van der Waals surface area contributed by atoms with Crippen LogP contribution in [0.1, 0.15) is 44.2 Å². The number of allylic oxidation sites excluding steroid dienone is 1. The summed E-state index contributed by atoms with van der Waals surface area (Å²) in [5.74, 6) is 1.66. The second-order valence-corrected chi connectivity index (χ2v) is 10.3. The lowest BCUT2D eigenvalue weighted by molar-refractivity contribution is -0.125. The van der Waals surface area contributed by atoms with Crippen molar-refractivity contribution >= 4 is 40.5 Å². The summed E-state index contributed by atoms with van der Waals surface area (Å²) in [4.78, 5) is 36.6. The SMILES string of the molecule is CC1=NCCC(C)=C(C2=CC3CN(C(=O)C=Cc4cnc5c(c4)CCC(=O)N5)CC3C2)S1. The number of aryl methyl sites for hydroxylation is 1. The molecule has 0 saturated carbocycles. The van der Waals surface area contributed by atoms with Crippen molar-refractivity contribution in [2.24, 2.45) is 16.8 Å². The molecule has 2 amide bonds. The van der Waals surface area contributed by atoms with Crippen LogP contribution in [0.4, 0.5) is 5.82 Å². The Bertz CT molecular complexity index is 1100. The molecule has 0 radical (unpaired) electrons. The number of aromatic nitrogens is 1. The number of anilines is 1. The number of carbonyl (C=O) groups excluding carboxylic acids is 2. The fourth-order valence-electron chi connectivity index (χ4n) is 5.00. The molecule has 4 heterocycles. The van der Waals surface area contributed by atoms with Gasteiger partial charge in [0, 0.05) is 43.2 Å². The van der Waals surface area contributed by atoms with Crippen LogP contribution in [0.15, 0.2) is 45.5 Å². The number of thioether (sulfide) groups is 1. The van der Waals surface area contributed by atoms with E-state index >= 15 is 0 Å². The molecule has 0 aromatic carbocycles. The minimum Gasteiger partial charge on any atom is -0.338 e. The van der Waals surface area contributed by atoms with E-state index < -0.39 is 0 Å². The molecule has 5 rings (SSSR count). The monoisotopic (exact) mass is 448 g/mol. The molecule has 6 nitrogen and oxygen atoms in total. The van der Waals surface area contributed by atoms with Gasteiger partial charge in [-0.3, -0.25) is 14.6 Å². The summed E-state index contributed by atoms with van der Waals surface area (Å²) >= 11 is 1.81. The first-order chi connectivity index (χ1) is 15.5. The second kappa shape index (κ2) is 8.70. The fourth-order valence-corrected chi connectivity index (χ4v) is 6.01. The zero-order chi connectivity index (χ0) is 22.2. The van der Waals surface area contributed by atoms with Crippen LogP contribution in [0.25, 0.3) is 6.08 Å². The highest BCUT2D eigenvalue weighted by atomic mass is 32.2. The van der Waals surface area contributed by atoms with E-state index in [0.717, 1.165) is 48.6 Å². The fraction of sp³-hybridized carbons (Fsp3) is 0.440. The Hall–Kier alpha value is -2.67. The van der Waals surface area contributed by atoms with Gasteiger partial charge in [0.1, 0.15) is 5.82 Å². The number of rotatable bonds is 3. The summed E-state index contributed by atoms with van der Waals surface area (Å²) < 4.78 is 0. The van der Waals surface area contributed by atoms with Crippen molar-refractivity contribution in [2.75, 3.05) is 25.0 Å². The van der Waals surface area contributed by atoms with Crippen LogP contribution < -0.4 is 5.32 Å². The van der Waals surface area contributed by atoms with E-state index in [1.54, 1.807) is 12.3 Å². The lowest BCUT2D eigenvalue weighted by Gasteiger charge is -2.17. The lowest BCUT2D eigenvalue weighted by Crippen LogP contribution is -2.27. The standard InChI is InChI=1S/C25H28N4O2S/c1-15-7-8-26-16(2)32-24(15)19-10-20-13-29(14-21(20)11-19)23(31)6-3-17-9-18-4-5-22(30)28-25(18)27-12-17/h3,6,9-10,12,20-21H,4-5,7-8,11,13-14H2,1-2H3,(H,27,28,30). The molecule has 1 fully saturated rings. The molecular weight excluding hydrogens is 420 g/mol. The third kappa shape index (κ3) is 4.31. The summed E-state index contributed by atoms with van der Waals surface area (Å²) in [6, 6.07) is 2.01. The Kier molecular flexibility index (Phi) is 5.76. The minimum atomic E-state index is 0.00705. The van der Waals surface area contributed by atoms with Crippen LogP contribution >= 0.6 is 11.8 Å². The zero-order valence-corrected chi connectivity index (χ0v) is 19.4. The Morgan fingerprint density at radius 1 is 1.25 bits per heavy atom. The number of pyridine rings is 1. The molecule has 4 aliphatic rings. The average Bonchev–Trinajstić information content (AvgIpc) is 3.30. The minimum absolute atomic E-state index is 0.00705. The van der Waals surface area contributed by atoms with Crippen molar-refractivity contribution in [2.45, 2.75) is 39.5 Å². The van der Waals surface area contributed by atoms with Crippen molar-refractivity contribution in [3.05, 3.63) is 51.6 Å². The predicted molar refractivity (Wildman–Crippen MR) is 129 cm³/mol. The molecule has 1 aromatic heterocycles. The summed E-state index contributed by atoms with van der Waals surface area (Å²) in [5.41, 5.74) is 4.80. The second-order valence-electron chi connectivity index (χ2n) is 9.08. The van der Waals surface area contributed by atoms with Gasteiger partial charge in [-0.05, 0) is 73.8 Å². The zero-order valence-electron chi connectivity index (χ0n) is 18.6. The Balaban J connectivity index is 1.23. The van der Waals surface area contributed by atoms with Crippen LogP contribution in [0, 0.1) is 11.8 Å². The third-order valence-electron chi connectivity index (χ3n) is 6.74. The molecule has 0 spiro atoms. The molecule has 2 atom stereocenters. The topological polar surface area (TPSA) is 74.7 Å². The molecule has 32 heavy (non-hydrogen) atoms. The molecular formula is C25H28N4O2S. The smallest absolute Gasteiger partial charge is 0.246 e. The van der Waals surface area contributed by atoms with Gasteiger partial charge < -0.3 is 10.2 Å². The van der Waals surface area contributed by atoms with Crippen molar-refractivity contribution in [3.63, 3.8) is 0 Å². The molecule has 1 aliphatic carbocycles. The molecule has 2 unspecified atom stereocenters. The summed E-state index contributed by atoms with van der Waals surface area (Å²) in [6.45, 7) is 6.81. The van der Waals surface area contributed by atoms with Gasteiger partial charge in [-0.15, -0.1) is 0 Å². The maximum atomic E-state index is 12.8. The molecule has 1 saturated heterocycles. The molecule has 0 bridgehead atoms. The molecule has 7 heteroatoms. The Labute approximate surface area is 193 Å². The van der Waals surface area contributed by atoms with Crippen LogP contribution in [-0.2, 0) is 16.0 Å². The number of aliphatic imine (C=N–C) groups is 1. The van der Waals surface area contributed by atoms with Gasteiger partial charge in [0.15, 0.2) is 0 Å². The van der Waals surface area contributed by atoms with E-state index in [4.69, 9.17) is 0 Å². The van der Waals surface area contributed by atoms with E-state index in [1.165, 1.54) is 16.1 Å². The van der Waals surface area contributed by atoms with Crippen molar-refractivity contribution in [3.8, 4) is 0 Å². The number of likely N-dealkylation sites (tertiary alicyclic amines) is 1. The quantitative estimate of drug-likeness (QED) is 0.703. The first-order valence-electron chi connectivity index (χ1n) is 11.3. The number of fused-ring (bicyclic) bond motifs is 2. The maximum Gasteiger partial charge on any atom is 0.246 e. The van der Waals surface area contributed by atoms with Gasteiger partial charge in [-0.25, -0.2) is 4.98 Å². The molecule has 166 valence electrons. The van der Waals surface area contributed by atoms with Gasteiger partial charge in [0.25, 0.3) is 0 Å².